The lowest BCUT2D eigenvalue weighted by Crippen LogP contribution is -2.40. The second-order valence-electron chi connectivity index (χ2n) is 7.18. The molecule has 1 fully saturated rings. The van der Waals surface area contributed by atoms with Gasteiger partial charge in [0.1, 0.15) is 0 Å². The Labute approximate surface area is 173 Å². The molecule has 0 spiro atoms. The third kappa shape index (κ3) is 3.60. The van der Waals surface area contributed by atoms with Crippen LogP contribution in [0.4, 0.5) is 4.79 Å². The lowest BCUT2D eigenvalue weighted by molar-refractivity contribution is -0.143. The fraction of sp³-hybridized carbons (Fsp3) is 0.182. The number of carbonyl (C=O) groups excluding carboxylic acids is 3. The minimum absolute atomic E-state index is 0.0124. The van der Waals surface area contributed by atoms with Gasteiger partial charge in [0.05, 0.1) is 18.1 Å². The van der Waals surface area contributed by atoms with Crippen molar-refractivity contribution in [2.75, 3.05) is 20.8 Å². The molecule has 3 aromatic rings. The van der Waals surface area contributed by atoms with Crippen molar-refractivity contribution in [3.8, 4) is 16.9 Å². The Hall–Kier alpha value is -3.78. The molecule has 30 heavy (non-hydrogen) atoms. The van der Waals surface area contributed by atoms with Crippen molar-refractivity contribution in [2.45, 2.75) is 6.54 Å². The van der Waals surface area contributed by atoms with Gasteiger partial charge in [-0.1, -0.05) is 48.5 Å². The van der Waals surface area contributed by atoms with E-state index in [0.717, 1.165) is 32.3 Å². The molecular formula is C22H21N5O3. The second kappa shape index (κ2) is 7.92. The minimum Gasteiger partial charge on any atom is -0.284 e. The van der Waals surface area contributed by atoms with Crippen LogP contribution in [0, 0.1) is 0 Å². The standard InChI is InChI=1S/C22H21N5O3/c1-24(15-26-21(29)20(28)25(2)22(26)30)13-17-14-27(18-11-7-4-8-12-18)23-19(17)16-9-5-3-6-10-16/h3-12,14H,13,15H2,1-2H3. The zero-order chi connectivity index (χ0) is 21.3. The summed E-state index contributed by atoms with van der Waals surface area (Å²) in [5.74, 6) is -1.62. The summed E-state index contributed by atoms with van der Waals surface area (Å²) in [5, 5.41) is 4.77. The molecule has 0 unspecified atom stereocenters. The number of hydrogen-bond donors (Lipinski definition) is 0. The number of imide groups is 2. The molecule has 8 heteroatoms. The van der Waals surface area contributed by atoms with Gasteiger partial charge in [-0.2, -0.15) is 5.10 Å². The molecule has 4 amide bonds. The zero-order valence-corrected chi connectivity index (χ0v) is 16.7. The van der Waals surface area contributed by atoms with E-state index in [1.54, 1.807) is 11.9 Å². The number of likely N-dealkylation sites (N-methyl/N-ethyl adjacent to an activating group) is 1. The summed E-state index contributed by atoms with van der Waals surface area (Å²) >= 11 is 0. The smallest absolute Gasteiger partial charge is 0.284 e. The summed E-state index contributed by atoms with van der Waals surface area (Å²) in [7, 11) is 3.10. The lowest BCUT2D eigenvalue weighted by atomic mass is 10.1. The maximum Gasteiger partial charge on any atom is 0.335 e. The van der Waals surface area contributed by atoms with E-state index in [1.165, 1.54) is 7.05 Å². The number of nitrogens with zero attached hydrogens (tertiary/aromatic N) is 5. The molecule has 2 aromatic carbocycles. The van der Waals surface area contributed by atoms with E-state index in [2.05, 4.69) is 0 Å². The van der Waals surface area contributed by atoms with Gasteiger partial charge >= 0.3 is 17.8 Å². The number of para-hydroxylation sites is 1. The Morgan fingerprint density at radius 1 is 0.900 bits per heavy atom. The van der Waals surface area contributed by atoms with Crippen LogP contribution in [0.25, 0.3) is 16.9 Å². The normalized spacial score (nSPS) is 14.3. The maximum atomic E-state index is 12.2. The first kappa shape index (κ1) is 19.5. The molecular weight excluding hydrogens is 382 g/mol. The van der Waals surface area contributed by atoms with Gasteiger partial charge in [0.2, 0.25) is 0 Å². The Morgan fingerprint density at radius 2 is 1.53 bits per heavy atom. The summed E-state index contributed by atoms with van der Waals surface area (Å²) in [5.41, 5.74) is 3.66. The zero-order valence-electron chi connectivity index (χ0n) is 16.7. The average Bonchev–Trinajstić information content (AvgIpc) is 3.26. The van der Waals surface area contributed by atoms with Crippen molar-refractivity contribution in [2.24, 2.45) is 0 Å². The SMILES string of the molecule is CN(Cc1cn(-c2ccccc2)nc1-c1ccccc1)CN1C(=O)C(=O)N(C)C1=O. The number of amides is 4. The molecule has 1 aromatic heterocycles. The van der Waals surface area contributed by atoms with Crippen LogP contribution in [0.2, 0.25) is 0 Å². The van der Waals surface area contributed by atoms with Crippen LogP contribution in [0.15, 0.2) is 66.9 Å². The summed E-state index contributed by atoms with van der Waals surface area (Å²) in [6.45, 7) is 0.449. The summed E-state index contributed by atoms with van der Waals surface area (Å²) in [4.78, 5) is 39.6. The van der Waals surface area contributed by atoms with Gasteiger partial charge in [0, 0.05) is 30.9 Å². The summed E-state index contributed by atoms with van der Waals surface area (Å²) in [6, 6.07) is 19.0. The van der Waals surface area contributed by atoms with Gasteiger partial charge in [-0.05, 0) is 19.2 Å². The molecule has 2 heterocycles. The highest BCUT2D eigenvalue weighted by molar-refractivity contribution is 6.44. The molecule has 152 valence electrons. The first-order valence-electron chi connectivity index (χ1n) is 9.47. The summed E-state index contributed by atoms with van der Waals surface area (Å²) in [6.07, 6.45) is 1.94. The van der Waals surface area contributed by atoms with Gasteiger partial charge in [0.15, 0.2) is 0 Å². The summed E-state index contributed by atoms with van der Waals surface area (Å²) < 4.78 is 1.81. The van der Waals surface area contributed by atoms with Gasteiger partial charge in [-0.15, -0.1) is 0 Å². The van der Waals surface area contributed by atoms with Gasteiger partial charge in [-0.25, -0.2) is 14.4 Å². The highest BCUT2D eigenvalue weighted by atomic mass is 16.2. The van der Waals surface area contributed by atoms with E-state index in [-0.39, 0.29) is 6.67 Å². The number of rotatable bonds is 6. The van der Waals surface area contributed by atoms with Crippen LogP contribution in [0.5, 0.6) is 0 Å². The van der Waals surface area contributed by atoms with Gasteiger partial charge in [0.25, 0.3) is 0 Å². The molecule has 0 saturated carbocycles. The molecule has 0 radical (unpaired) electrons. The molecule has 0 aliphatic carbocycles. The Balaban J connectivity index is 1.61. The van der Waals surface area contributed by atoms with E-state index in [0.29, 0.717) is 6.54 Å². The predicted molar refractivity (Wildman–Crippen MR) is 110 cm³/mol. The highest BCUT2D eigenvalue weighted by Gasteiger charge is 2.42. The molecule has 8 nitrogen and oxygen atoms in total. The topological polar surface area (TPSA) is 78.8 Å². The van der Waals surface area contributed by atoms with Crippen LogP contribution in [-0.4, -0.2) is 63.1 Å². The third-order valence-corrected chi connectivity index (χ3v) is 4.93. The number of benzene rings is 2. The largest absolute Gasteiger partial charge is 0.335 e. The number of urea groups is 1. The first-order valence-corrected chi connectivity index (χ1v) is 9.47. The number of carbonyl (C=O) groups is 3. The molecule has 1 aliphatic heterocycles. The van der Waals surface area contributed by atoms with Crippen molar-refractivity contribution in [1.82, 2.24) is 24.5 Å². The molecule has 4 rings (SSSR count). The molecule has 0 bridgehead atoms. The fourth-order valence-electron chi connectivity index (χ4n) is 3.40. The quantitative estimate of drug-likeness (QED) is 0.466. The third-order valence-electron chi connectivity index (χ3n) is 4.93. The molecule has 1 saturated heterocycles. The Morgan fingerprint density at radius 3 is 2.13 bits per heavy atom. The van der Waals surface area contributed by atoms with Crippen LogP contribution in [0.1, 0.15) is 5.56 Å². The highest BCUT2D eigenvalue weighted by Crippen LogP contribution is 2.25. The van der Waals surface area contributed by atoms with E-state index in [9.17, 15) is 14.4 Å². The predicted octanol–water partition coefficient (Wildman–Crippen LogP) is 2.35. The van der Waals surface area contributed by atoms with E-state index in [4.69, 9.17) is 5.10 Å². The average molecular weight is 403 g/mol. The van der Waals surface area contributed by atoms with Crippen molar-refractivity contribution in [1.29, 1.82) is 0 Å². The van der Waals surface area contributed by atoms with E-state index < -0.39 is 17.8 Å². The van der Waals surface area contributed by atoms with Crippen LogP contribution < -0.4 is 0 Å². The van der Waals surface area contributed by atoms with E-state index in [1.807, 2.05) is 71.5 Å². The maximum absolute atomic E-state index is 12.2. The number of hydrogen-bond acceptors (Lipinski definition) is 5. The van der Waals surface area contributed by atoms with Crippen LogP contribution >= 0.6 is 0 Å². The van der Waals surface area contributed by atoms with Crippen molar-refractivity contribution >= 4 is 17.8 Å². The monoisotopic (exact) mass is 403 g/mol. The Bertz CT molecular complexity index is 1090. The lowest BCUT2D eigenvalue weighted by Gasteiger charge is -2.21. The molecule has 0 atom stereocenters. The molecule has 1 aliphatic rings. The van der Waals surface area contributed by atoms with Gasteiger partial charge in [-0.3, -0.25) is 19.4 Å². The van der Waals surface area contributed by atoms with E-state index >= 15 is 0 Å². The first-order chi connectivity index (χ1) is 14.5. The van der Waals surface area contributed by atoms with Crippen molar-refractivity contribution < 1.29 is 14.4 Å². The van der Waals surface area contributed by atoms with Gasteiger partial charge < -0.3 is 0 Å². The second-order valence-corrected chi connectivity index (χ2v) is 7.18. The van der Waals surface area contributed by atoms with Crippen molar-refractivity contribution in [3.63, 3.8) is 0 Å². The van der Waals surface area contributed by atoms with Crippen LogP contribution in [-0.2, 0) is 16.1 Å². The van der Waals surface area contributed by atoms with Crippen molar-refractivity contribution in [3.05, 3.63) is 72.4 Å². The number of aromatic nitrogens is 2. The Kier molecular flexibility index (Phi) is 5.16. The fourth-order valence-corrected chi connectivity index (χ4v) is 3.40. The molecule has 0 N–H and O–H groups in total. The minimum atomic E-state index is -0.810. The van der Waals surface area contributed by atoms with Crippen LogP contribution in [0.3, 0.4) is 0 Å².